The molecular weight excluding hydrogens is 455 g/mol. The Kier molecular flexibility index (Phi) is 7.59. The van der Waals surface area contributed by atoms with Gasteiger partial charge in [0, 0.05) is 20.6 Å². The first-order valence-corrected chi connectivity index (χ1v) is 14.5. The zero-order chi connectivity index (χ0) is 22.6. The van der Waals surface area contributed by atoms with Crippen LogP contribution in [-0.4, -0.2) is 58.2 Å². The van der Waals surface area contributed by atoms with Crippen LogP contribution in [0.4, 0.5) is 4.79 Å². The van der Waals surface area contributed by atoms with E-state index in [9.17, 15) is 26.2 Å². The number of hydrogen-bond donors (Lipinski definition) is 2. The lowest BCUT2D eigenvalue weighted by Gasteiger charge is -2.18. The van der Waals surface area contributed by atoms with Gasteiger partial charge >= 0.3 is 6.16 Å². The second kappa shape index (κ2) is 9.40. The van der Waals surface area contributed by atoms with Crippen LogP contribution in [0.3, 0.4) is 0 Å². The summed E-state index contributed by atoms with van der Waals surface area (Å²) in [4.78, 5) is 10.2. The Bertz CT molecular complexity index is 1110. The number of rotatable bonds is 8. The summed E-state index contributed by atoms with van der Waals surface area (Å²) in [6, 6.07) is 12.0. The maximum Gasteiger partial charge on any atom is 0.514 e. The van der Waals surface area contributed by atoms with Crippen LogP contribution in [-0.2, 0) is 31.1 Å². The molecule has 0 aliphatic heterocycles. The predicted octanol–water partition coefficient (Wildman–Crippen LogP) is 3.17. The van der Waals surface area contributed by atoms with E-state index in [2.05, 4.69) is 13.3 Å². The van der Waals surface area contributed by atoms with Gasteiger partial charge in [0.05, 0.1) is 17.2 Å². The fourth-order valence-corrected chi connectivity index (χ4v) is 5.75. The van der Waals surface area contributed by atoms with E-state index in [1.54, 1.807) is 0 Å². The molecule has 0 amide bonds. The number of ether oxygens (including phenoxy) is 2. The Hall–Kier alpha value is -2.04. The minimum atomic E-state index is -4.94. The Balaban J connectivity index is 2.02. The minimum Gasteiger partial charge on any atom is -0.430 e. The van der Waals surface area contributed by atoms with Crippen LogP contribution in [0.5, 0.6) is 5.75 Å². The van der Waals surface area contributed by atoms with Gasteiger partial charge in [-0.1, -0.05) is 30.3 Å². The van der Waals surface area contributed by atoms with Crippen molar-refractivity contribution in [1.29, 1.82) is 0 Å². The Morgan fingerprint density at radius 3 is 2.17 bits per heavy atom. The molecule has 2 N–H and O–H groups in total. The molecule has 9 nitrogen and oxygen atoms in total. The largest absolute Gasteiger partial charge is 0.514 e. The smallest absolute Gasteiger partial charge is 0.430 e. The molecule has 0 radical (unpaired) electrons. The number of benzene rings is 2. The van der Waals surface area contributed by atoms with E-state index in [1.165, 1.54) is 5.56 Å². The third kappa shape index (κ3) is 7.33. The molecule has 2 rings (SSSR count). The second-order valence-electron chi connectivity index (χ2n) is 7.06. The Morgan fingerprint density at radius 1 is 0.967 bits per heavy atom. The van der Waals surface area contributed by atoms with Crippen molar-refractivity contribution < 1.29 is 40.2 Å². The highest BCUT2D eigenvalue weighted by atomic mass is 32.2. The molecule has 0 aliphatic carbocycles. The van der Waals surface area contributed by atoms with Crippen molar-refractivity contribution in [1.82, 2.24) is 0 Å². The molecular formula is C18H22O9PS2+. The van der Waals surface area contributed by atoms with Crippen LogP contribution in [0.15, 0.2) is 58.3 Å². The van der Waals surface area contributed by atoms with Crippen molar-refractivity contribution in [2.75, 3.05) is 26.1 Å². The van der Waals surface area contributed by atoms with Gasteiger partial charge in [0.25, 0.3) is 20.2 Å². The molecule has 30 heavy (non-hydrogen) atoms. The average molecular weight is 477 g/mol. The molecule has 0 bridgehead atoms. The normalized spacial score (nSPS) is 12.4. The summed E-state index contributed by atoms with van der Waals surface area (Å²) in [6.07, 6.45) is 0.249. The molecule has 0 atom stereocenters. The highest BCUT2D eigenvalue weighted by molar-refractivity contribution is 7.86. The Morgan fingerprint density at radius 2 is 1.60 bits per heavy atom. The summed E-state index contributed by atoms with van der Waals surface area (Å²) in [6.45, 7) is 4.26. The summed E-state index contributed by atoms with van der Waals surface area (Å²) in [5.74, 6) is -0.631. The molecule has 0 saturated heterocycles. The lowest BCUT2D eigenvalue weighted by atomic mass is 10.2. The standard InChI is InChI=1S/C18H21O9PS2/c1-28(2,13-14-6-4-3-5-7-14)11-10-26-18(19)27-16-9-8-15(29(20,21)22)12-17(16)30(23,24)25/h3-9,12H,10-11,13H2,1-2H3,(H-,20,21,22,23,24,25)/p+1. The van der Waals surface area contributed by atoms with Gasteiger partial charge in [-0.3, -0.25) is 9.11 Å². The molecule has 164 valence electrons. The van der Waals surface area contributed by atoms with Crippen molar-refractivity contribution >= 4 is 33.7 Å². The summed E-state index contributed by atoms with van der Waals surface area (Å²) in [5.41, 5.74) is 1.18. The SMILES string of the molecule is C[P+](C)(CCOC(=O)Oc1ccc(S(=O)(=O)O)cc1S(=O)(=O)O)Cc1ccccc1. The van der Waals surface area contributed by atoms with Gasteiger partial charge in [-0.05, 0) is 23.8 Å². The molecule has 0 saturated carbocycles. The van der Waals surface area contributed by atoms with Crippen LogP contribution in [0.1, 0.15) is 5.56 Å². The van der Waals surface area contributed by atoms with E-state index in [4.69, 9.17) is 14.0 Å². The molecule has 2 aromatic rings. The third-order valence-corrected chi connectivity index (χ3v) is 8.39. The molecule has 12 heteroatoms. The van der Waals surface area contributed by atoms with Crippen molar-refractivity contribution in [3.05, 3.63) is 54.1 Å². The van der Waals surface area contributed by atoms with E-state index in [1.807, 2.05) is 30.3 Å². The summed E-state index contributed by atoms with van der Waals surface area (Å²) in [5, 5.41) is 0. The molecule has 0 aromatic heterocycles. The first kappa shape index (κ1) is 24.2. The first-order chi connectivity index (χ1) is 13.8. The van der Waals surface area contributed by atoms with Gasteiger partial charge in [0.1, 0.15) is 11.5 Å². The monoisotopic (exact) mass is 477 g/mol. The predicted molar refractivity (Wildman–Crippen MR) is 112 cm³/mol. The van der Waals surface area contributed by atoms with Crippen LogP contribution in [0.2, 0.25) is 0 Å². The van der Waals surface area contributed by atoms with Crippen molar-refractivity contribution in [3.8, 4) is 5.75 Å². The number of carbonyl (C=O) groups is 1. The molecule has 0 heterocycles. The first-order valence-electron chi connectivity index (χ1n) is 8.57. The fraction of sp³-hybridized carbons (Fsp3) is 0.278. The van der Waals surface area contributed by atoms with E-state index in [0.717, 1.165) is 18.3 Å². The highest BCUT2D eigenvalue weighted by Gasteiger charge is 2.27. The van der Waals surface area contributed by atoms with E-state index >= 15 is 0 Å². The molecule has 0 unspecified atom stereocenters. The topological polar surface area (TPSA) is 144 Å². The molecule has 0 aliphatic rings. The van der Waals surface area contributed by atoms with Crippen LogP contribution in [0.25, 0.3) is 0 Å². The maximum absolute atomic E-state index is 11.9. The molecule has 2 aromatic carbocycles. The maximum atomic E-state index is 11.9. The van der Waals surface area contributed by atoms with E-state index in [-0.39, 0.29) is 6.61 Å². The van der Waals surface area contributed by atoms with Gasteiger partial charge in [-0.2, -0.15) is 16.8 Å². The zero-order valence-corrected chi connectivity index (χ0v) is 18.8. The van der Waals surface area contributed by atoms with Gasteiger partial charge in [0.2, 0.25) is 0 Å². The fourth-order valence-electron chi connectivity index (χ4n) is 2.59. The minimum absolute atomic E-state index is 0.0384. The zero-order valence-electron chi connectivity index (χ0n) is 16.3. The summed E-state index contributed by atoms with van der Waals surface area (Å²) < 4.78 is 73.4. The van der Waals surface area contributed by atoms with Crippen molar-refractivity contribution in [2.45, 2.75) is 16.0 Å². The molecule has 0 fully saturated rings. The number of hydrogen-bond acceptors (Lipinski definition) is 7. The summed E-state index contributed by atoms with van der Waals surface area (Å²) in [7, 11) is -11.1. The van der Waals surface area contributed by atoms with Crippen LogP contribution in [0, 0.1) is 0 Å². The second-order valence-corrected chi connectivity index (χ2v) is 14.5. The van der Waals surface area contributed by atoms with Crippen molar-refractivity contribution in [2.24, 2.45) is 0 Å². The van der Waals surface area contributed by atoms with Gasteiger partial charge < -0.3 is 9.47 Å². The molecule has 0 spiro atoms. The summed E-state index contributed by atoms with van der Waals surface area (Å²) >= 11 is 0. The average Bonchev–Trinajstić information content (AvgIpc) is 2.60. The quantitative estimate of drug-likeness (QED) is 0.253. The number of carbonyl (C=O) groups excluding carboxylic acids is 1. The van der Waals surface area contributed by atoms with E-state index in [0.29, 0.717) is 12.2 Å². The highest BCUT2D eigenvalue weighted by Crippen LogP contribution is 2.53. The van der Waals surface area contributed by atoms with Gasteiger partial charge in [0.15, 0.2) is 5.75 Å². The van der Waals surface area contributed by atoms with Crippen LogP contribution < -0.4 is 4.74 Å². The van der Waals surface area contributed by atoms with Gasteiger partial charge in [-0.15, -0.1) is 0 Å². The van der Waals surface area contributed by atoms with E-state index < -0.39 is 49.2 Å². The lowest BCUT2D eigenvalue weighted by molar-refractivity contribution is 0.104. The van der Waals surface area contributed by atoms with Crippen LogP contribution >= 0.6 is 7.26 Å². The lowest BCUT2D eigenvalue weighted by Crippen LogP contribution is -2.16. The third-order valence-electron chi connectivity index (χ3n) is 4.05. The van der Waals surface area contributed by atoms with Crippen molar-refractivity contribution in [3.63, 3.8) is 0 Å². The van der Waals surface area contributed by atoms with Gasteiger partial charge in [-0.25, -0.2) is 4.79 Å². The Labute approximate surface area is 175 Å².